The molecule has 2 rings (SSSR count). The van der Waals surface area contributed by atoms with E-state index in [1.54, 1.807) is 0 Å². The van der Waals surface area contributed by atoms with E-state index < -0.39 is 61.1 Å². The molecule has 1 aromatic carbocycles. The van der Waals surface area contributed by atoms with Gasteiger partial charge < -0.3 is 0 Å². The molecule has 0 N–H and O–H groups in total. The van der Waals surface area contributed by atoms with Gasteiger partial charge in [-0.1, -0.05) is 30.3 Å². The van der Waals surface area contributed by atoms with Gasteiger partial charge in [-0.15, -0.1) is 0 Å². The highest BCUT2D eigenvalue weighted by Crippen LogP contribution is 2.66. The van der Waals surface area contributed by atoms with Crippen molar-refractivity contribution in [2.75, 3.05) is 0 Å². The largest absolute Gasteiger partial charge is 0.405 e. The molecular formula is C14H7ClF10O2S. The Labute approximate surface area is 155 Å². The zero-order valence-corrected chi connectivity index (χ0v) is 14.5. The van der Waals surface area contributed by atoms with E-state index in [9.17, 15) is 52.3 Å². The van der Waals surface area contributed by atoms with Crippen LogP contribution in [-0.4, -0.2) is 37.1 Å². The molecule has 14 heteroatoms. The fourth-order valence-electron chi connectivity index (χ4n) is 2.55. The van der Waals surface area contributed by atoms with Gasteiger partial charge in [0.15, 0.2) is 5.83 Å². The van der Waals surface area contributed by atoms with Crippen molar-refractivity contribution in [2.45, 2.75) is 35.1 Å². The summed E-state index contributed by atoms with van der Waals surface area (Å²) in [6.45, 7) is 0. The van der Waals surface area contributed by atoms with E-state index in [0.29, 0.717) is 0 Å². The molecule has 0 bridgehead atoms. The number of alkyl halides is 9. The maximum absolute atomic E-state index is 14.6. The van der Waals surface area contributed by atoms with E-state index in [4.69, 9.17) is 0 Å². The lowest BCUT2D eigenvalue weighted by atomic mass is 9.76. The van der Waals surface area contributed by atoms with Crippen molar-refractivity contribution in [1.82, 2.24) is 0 Å². The van der Waals surface area contributed by atoms with Crippen molar-refractivity contribution in [3.8, 4) is 0 Å². The summed E-state index contributed by atoms with van der Waals surface area (Å²) in [7, 11) is -2.68. The van der Waals surface area contributed by atoms with Gasteiger partial charge in [-0.05, 0) is 5.56 Å². The van der Waals surface area contributed by atoms with Crippen molar-refractivity contribution in [3.63, 3.8) is 0 Å². The van der Waals surface area contributed by atoms with E-state index in [1.165, 1.54) is 6.07 Å². The summed E-state index contributed by atoms with van der Waals surface area (Å²) in [4.78, 5) is 0. The van der Waals surface area contributed by atoms with Crippen LogP contribution >= 0.6 is 10.7 Å². The molecular weight excluding hydrogens is 458 g/mol. The van der Waals surface area contributed by atoms with E-state index >= 15 is 0 Å². The maximum atomic E-state index is 14.6. The van der Waals surface area contributed by atoms with E-state index in [-0.39, 0.29) is 0 Å². The molecule has 0 aromatic heterocycles. The Morgan fingerprint density at radius 1 is 0.893 bits per heavy atom. The van der Waals surface area contributed by atoms with Gasteiger partial charge in [-0.25, -0.2) is 17.2 Å². The first kappa shape index (κ1) is 22.8. The highest BCUT2D eigenvalue weighted by Gasteiger charge is 2.92. The second kappa shape index (κ2) is 6.25. The molecule has 1 atom stereocenters. The van der Waals surface area contributed by atoms with E-state index in [2.05, 4.69) is 10.7 Å². The SMILES string of the molecule is O=S(=O)(Cl)C(F)(F)C1(F)C(F)=C(Cc2ccccc2)C(F)(F)C(F)(F)C1(F)F. The minimum Gasteiger partial charge on any atom is -0.221 e. The first-order valence-electron chi connectivity index (χ1n) is 6.95. The quantitative estimate of drug-likeness (QED) is 0.451. The predicted molar refractivity (Wildman–Crippen MR) is 76.7 cm³/mol. The van der Waals surface area contributed by atoms with Crippen LogP contribution in [0.25, 0.3) is 0 Å². The summed E-state index contributed by atoms with van der Waals surface area (Å²) in [6.07, 6.45) is -1.70. The van der Waals surface area contributed by atoms with Crippen LogP contribution in [0, 0.1) is 0 Å². The Kier molecular flexibility index (Phi) is 5.08. The average Bonchev–Trinajstić information content (AvgIpc) is 2.56. The Morgan fingerprint density at radius 2 is 1.36 bits per heavy atom. The lowest BCUT2D eigenvalue weighted by Crippen LogP contribution is -2.74. The van der Waals surface area contributed by atoms with Gasteiger partial charge in [0.1, 0.15) is 0 Å². The van der Waals surface area contributed by atoms with Crippen LogP contribution in [0.1, 0.15) is 5.56 Å². The van der Waals surface area contributed by atoms with Gasteiger partial charge >= 0.3 is 37.7 Å². The topological polar surface area (TPSA) is 34.1 Å². The molecule has 0 saturated carbocycles. The van der Waals surface area contributed by atoms with Crippen LogP contribution in [-0.2, 0) is 15.5 Å². The average molecular weight is 465 g/mol. The third-order valence-corrected chi connectivity index (χ3v) is 5.57. The Hall–Kier alpha value is -1.50. The Bertz CT molecular complexity index is 913. The van der Waals surface area contributed by atoms with Crippen LogP contribution in [0.4, 0.5) is 43.9 Å². The van der Waals surface area contributed by atoms with Gasteiger partial charge in [-0.2, -0.15) is 35.1 Å². The Balaban J connectivity index is 2.93. The van der Waals surface area contributed by atoms with Crippen molar-refractivity contribution < 1.29 is 52.3 Å². The third-order valence-electron chi connectivity index (χ3n) is 4.10. The molecule has 1 unspecified atom stereocenters. The molecule has 0 amide bonds. The highest BCUT2D eigenvalue weighted by atomic mass is 35.7. The standard InChI is InChI=1S/C14H7ClF10O2S/c15-28(26,27)14(24,25)10(17)9(16)8(6-7-4-2-1-3-5-7)11(18,19)13(22,23)12(10,20)21/h1-5H,6H2. The molecule has 0 saturated heterocycles. The molecule has 1 aromatic rings. The van der Waals surface area contributed by atoms with Crippen molar-refractivity contribution in [3.05, 3.63) is 47.3 Å². The summed E-state index contributed by atoms with van der Waals surface area (Å²) < 4.78 is 162. The smallest absolute Gasteiger partial charge is 0.221 e. The number of hydrogen-bond acceptors (Lipinski definition) is 2. The molecule has 0 heterocycles. The number of rotatable bonds is 4. The molecule has 28 heavy (non-hydrogen) atoms. The minimum absolute atomic E-state index is 0.465. The van der Waals surface area contributed by atoms with Crippen molar-refractivity contribution in [2.24, 2.45) is 0 Å². The predicted octanol–water partition coefficient (Wildman–Crippen LogP) is 5.24. The van der Waals surface area contributed by atoms with E-state index in [1.807, 2.05) is 0 Å². The van der Waals surface area contributed by atoms with Gasteiger partial charge in [-0.3, -0.25) is 0 Å². The highest BCUT2D eigenvalue weighted by molar-refractivity contribution is 8.14. The lowest BCUT2D eigenvalue weighted by Gasteiger charge is -2.46. The minimum atomic E-state index is -7.20. The molecule has 1 aliphatic carbocycles. The third kappa shape index (κ3) is 2.65. The van der Waals surface area contributed by atoms with Crippen LogP contribution in [0.15, 0.2) is 41.7 Å². The second-order valence-electron chi connectivity index (χ2n) is 5.79. The fourth-order valence-corrected chi connectivity index (χ4v) is 3.43. The fraction of sp³-hybridized carbons (Fsp3) is 0.429. The van der Waals surface area contributed by atoms with Gasteiger partial charge in [0.25, 0.3) is 0 Å². The molecule has 0 radical (unpaired) electrons. The summed E-state index contributed by atoms with van der Waals surface area (Å²) in [5.74, 6) is -24.0. The zero-order valence-electron chi connectivity index (χ0n) is 13.0. The second-order valence-corrected chi connectivity index (χ2v) is 8.40. The first-order chi connectivity index (χ1) is 12.4. The molecule has 1 aliphatic rings. The normalized spacial score (nSPS) is 27.0. The molecule has 158 valence electrons. The summed E-state index contributed by atoms with van der Waals surface area (Å²) in [5.41, 5.74) is -9.93. The lowest BCUT2D eigenvalue weighted by molar-refractivity contribution is -0.359. The van der Waals surface area contributed by atoms with Crippen LogP contribution < -0.4 is 0 Å². The zero-order chi connectivity index (χ0) is 22.0. The summed E-state index contributed by atoms with van der Waals surface area (Å²) >= 11 is 0. The number of allylic oxidation sites excluding steroid dienone is 2. The number of hydrogen-bond donors (Lipinski definition) is 0. The van der Waals surface area contributed by atoms with Crippen molar-refractivity contribution in [1.29, 1.82) is 0 Å². The molecule has 2 nitrogen and oxygen atoms in total. The van der Waals surface area contributed by atoms with E-state index in [0.717, 1.165) is 24.3 Å². The number of benzene rings is 1. The summed E-state index contributed by atoms with van der Waals surface area (Å²) in [5, 5.41) is -6.73. The van der Waals surface area contributed by atoms with Gasteiger partial charge in [0, 0.05) is 22.7 Å². The Morgan fingerprint density at radius 3 is 1.79 bits per heavy atom. The van der Waals surface area contributed by atoms with Crippen LogP contribution in [0.3, 0.4) is 0 Å². The van der Waals surface area contributed by atoms with Gasteiger partial charge in [0.05, 0.1) is 0 Å². The van der Waals surface area contributed by atoms with Gasteiger partial charge in [0.2, 0.25) is 0 Å². The monoisotopic (exact) mass is 464 g/mol. The van der Waals surface area contributed by atoms with Crippen LogP contribution in [0.5, 0.6) is 0 Å². The molecule has 0 fully saturated rings. The van der Waals surface area contributed by atoms with Crippen LogP contribution in [0.2, 0.25) is 0 Å². The molecule has 0 aliphatic heterocycles. The molecule has 0 spiro atoms. The number of halogens is 11. The summed E-state index contributed by atoms with van der Waals surface area (Å²) in [6, 6.07) is 5.31. The maximum Gasteiger partial charge on any atom is 0.405 e. The van der Waals surface area contributed by atoms with Crippen molar-refractivity contribution >= 4 is 19.7 Å². The first-order valence-corrected chi connectivity index (χ1v) is 9.26.